The highest BCUT2D eigenvalue weighted by Gasteiger charge is 2.55. The lowest BCUT2D eigenvalue weighted by Gasteiger charge is -2.13. The first kappa shape index (κ1) is 19.0. The van der Waals surface area contributed by atoms with Crippen LogP contribution in [0.4, 0.5) is 0 Å². The van der Waals surface area contributed by atoms with E-state index in [1.54, 1.807) is 6.92 Å². The molecule has 2 aromatic carbocycles. The summed E-state index contributed by atoms with van der Waals surface area (Å²) in [4.78, 5) is 28.2. The molecule has 5 rings (SSSR count). The number of primary amides is 1. The second-order valence-corrected chi connectivity index (χ2v) is 7.87. The summed E-state index contributed by atoms with van der Waals surface area (Å²) in [5.74, 6) is 0.173. The van der Waals surface area contributed by atoms with Gasteiger partial charge < -0.3 is 20.1 Å². The van der Waals surface area contributed by atoms with Crippen molar-refractivity contribution in [3.05, 3.63) is 66.0 Å². The third kappa shape index (κ3) is 3.26. The van der Waals surface area contributed by atoms with Crippen molar-refractivity contribution in [1.29, 1.82) is 0 Å². The van der Waals surface area contributed by atoms with Crippen LogP contribution in [-0.2, 0) is 16.1 Å². The first-order chi connectivity index (χ1) is 15.0. The zero-order valence-electron chi connectivity index (χ0n) is 17.0. The van der Waals surface area contributed by atoms with Crippen LogP contribution in [0.1, 0.15) is 24.2 Å². The predicted octanol–water partition coefficient (Wildman–Crippen LogP) is 2.87. The van der Waals surface area contributed by atoms with E-state index in [0.29, 0.717) is 31.1 Å². The number of carbonyl (C=O) groups excluding carboxylic acids is 2. The van der Waals surface area contributed by atoms with Crippen LogP contribution >= 0.6 is 0 Å². The Morgan fingerprint density at radius 1 is 1.16 bits per heavy atom. The summed E-state index contributed by atoms with van der Waals surface area (Å²) >= 11 is 0. The maximum atomic E-state index is 12.3. The summed E-state index contributed by atoms with van der Waals surface area (Å²) < 4.78 is 7.49. The van der Waals surface area contributed by atoms with Gasteiger partial charge in [-0.25, -0.2) is 0 Å². The van der Waals surface area contributed by atoms with Gasteiger partial charge in [0.15, 0.2) is 5.82 Å². The van der Waals surface area contributed by atoms with Crippen LogP contribution in [-0.4, -0.2) is 26.5 Å². The Balaban J connectivity index is 1.43. The van der Waals surface area contributed by atoms with E-state index in [4.69, 9.17) is 10.3 Å². The first-order valence-corrected chi connectivity index (χ1v) is 10.1. The van der Waals surface area contributed by atoms with E-state index < -0.39 is 11.3 Å². The molecule has 3 N–H and O–H groups in total. The van der Waals surface area contributed by atoms with Crippen molar-refractivity contribution in [3.63, 3.8) is 0 Å². The van der Waals surface area contributed by atoms with Gasteiger partial charge >= 0.3 is 0 Å². The number of hydrogen-bond acceptors (Lipinski definition) is 5. The summed E-state index contributed by atoms with van der Waals surface area (Å²) in [6, 6.07) is 17.9. The number of nitrogens with zero attached hydrogens (tertiary/aromatic N) is 3. The molecule has 2 amide bonds. The van der Waals surface area contributed by atoms with E-state index in [1.165, 1.54) is 0 Å². The highest BCUT2D eigenvalue weighted by atomic mass is 16.5. The Morgan fingerprint density at radius 2 is 1.90 bits per heavy atom. The molecule has 1 aliphatic rings. The highest BCUT2D eigenvalue weighted by Crippen LogP contribution is 2.45. The smallest absolute Gasteiger partial charge is 0.274 e. The minimum atomic E-state index is -1.01. The van der Waals surface area contributed by atoms with Crippen LogP contribution in [0.25, 0.3) is 28.2 Å². The van der Waals surface area contributed by atoms with E-state index in [9.17, 15) is 9.59 Å². The number of nitrogens with one attached hydrogen (secondary N) is 1. The minimum absolute atomic E-state index is 0.297. The van der Waals surface area contributed by atoms with Crippen molar-refractivity contribution in [2.75, 3.05) is 0 Å². The van der Waals surface area contributed by atoms with Gasteiger partial charge in [-0.15, -0.1) is 0 Å². The Labute approximate surface area is 178 Å². The van der Waals surface area contributed by atoms with Crippen LogP contribution in [0.2, 0.25) is 0 Å². The van der Waals surface area contributed by atoms with Crippen molar-refractivity contribution in [3.8, 4) is 17.3 Å². The van der Waals surface area contributed by atoms with E-state index in [-0.39, 0.29) is 5.91 Å². The summed E-state index contributed by atoms with van der Waals surface area (Å²) in [6.07, 6.45) is 1.04. The quantitative estimate of drug-likeness (QED) is 0.470. The van der Waals surface area contributed by atoms with Gasteiger partial charge in [-0.3, -0.25) is 9.59 Å². The zero-order valence-corrected chi connectivity index (χ0v) is 17.0. The molecule has 156 valence electrons. The van der Waals surface area contributed by atoms with Gasteiger partial charge in [0.05, 0.1) is 5.52 Å². The lowest BCUT2D eigenvalue weighted by atomic mass is 10.1. The second-order valence-electron chi connectivity index (χ2n) is 7.87. The van der Waals surface area contributed by atoms with E-state index in [2.05, 4.69) is 20.0 Å². The Morgan fingerprint density at radius 3 is 2.55 bits per heavy atom. The summed E-state index contributed by atoms with van der Waals surface area (Å²) in [5, 5.41) is 7.81. The molecule has 31 heavy (non-hydrogen) atoms. The van der Waals surface area contributed by atoms with Gasteiger partial charge in [0, 0.05) is 17.6 Å². The van der Waals surface area contributed by atoms with Gasteiger partial charge in [0.2, 0.25) is 11.8 Å². The molecule has 0 spiro atoms. The molecule has 8 heteroatoms. The number of carbonyl (C=O) groups is 2. The van der Waals surface area contributed by atoms with Crippen molar-refractivity contribution in [2.24, 2.45) is 11.1 Å². The average Bonchev–Trinajstić information content (AvgIpc) is 3.35. The fourth-order valence-corrected chi connectivity index (χ4v) is 3.82. The van der Waals surface area contributed by atoms with Crippen molar-refractivity contribution in [1.82, 2.24) is 20.0 Å². The molecule has 0 saturated heterocycles. The van der Waals surface area contributed by atoms with Crippen LogP contribution in [0, 0.1) is 12.3 Å². The van der Waals surface area contributed by atoms with Crippen molar-refractivity contribution in [2.45, 2.75) is 26.3 Å². The minimum Gasteiger partial charge on any atom is -0.369 e. The number of nitrogens with two attached hydrogens (primary N) is 1. The Hall–Kier alpha value is -3.94. The molecule has 0 atom stereocenters. The van der Waals surface area contributed by atoms with Crippen molar-refractivity contribution < 1.29 is 14.1 Å². The fourth-order valence-electron chi connectivity index (χ4n) is 3.82. The van der Waals surface area contributed by atoms with Crippen LogP contribution in [0.5, 0.6) is 0 Å². The molecule has 0 radical (unpaired) electrons. The molecule has 1 fully saturated rings. The molecule has 2 heterocycles. The third-order valence-electron chi connectivity index (χ3n) is 5.76. The molecular formula is C23H21N5O3. The molecular weight excluding hydrogens is 394 g/mol. The number of rotatable bonds is 6. The van der Waals surface area contributed by atoms with Crippen molar-refractivity contribution >= 4 is 22.7 Å². The third-order valence-corrected chi connectivity index (χ3v) is 5.76. The lowest BCUT2D eigenvalue weighted by molar-refractivity contribution is -0.135. The first-order valence-electron chi connectivity index (χ1n) is 10.1. The second kappa shape index (κ2) is 7.09. The average molecular weight is 415 g/mol. The van der Waals surface area contributed by atoms with Gasteiger partial charge in [-0.1, -0.05) is 35.5 Å². The number of benzene rings is 2. The summed E-state index contributed by atoms with van der Waals surface area (Å²) in [5.41, 5.74) is 8.03. The summed E-state index contributed by atoms with van der Waals surface area (Å²) in [6.45, 7) is 2.11. The Bertz CT molecular complexity index is 1300. The van der Waals surface area contributed by atoms with Crippen LogP contribution < -0.4 is 11.1 Å². The molecule has 8 nitrogen and oxygen atoms in total. The number of aromatic nitrogens is 3. The molecule has 4 aromatic rings. The van der Waals surface area contributed by atoms with Gasteiger partial charge in [-0.2, -0.15) is 4.98 Å². The number of fused-ring (bicyclic) bond motifs is 1. The number of amides is 2. The SMILES string of the molecule is Cc1noc(-c2cc3ccccc3n2-c2ccc(CNC(=O)C3(C(N)=O)CC3)cc2)n1. The number of para-hydroxylation sites is 1. The van der Waals surface area contributed by atoms with Gasteiger partial charge in [-0.05, 0) is 49.6 Å². The number of hydrogen-bond donors (Lipinski definition) is 2. The molecule has 1 saturated carbocycles. The van der Waals surface area contributed by atoms with Crippen LogP contribution in [0.15, 0.2) is 59.1 Å². The zero-order chi connectivity index (χ0) is 21.6. The predicted molar refractivity (Wildman–Crippen MR) is 114 cm³/mol. The van der Waals surface area contributed by atoms with Gasteiger partial charge in [0.1, 0.15) is 11.1 Å². The maximum Gasteiger partial charge on any atom is 0.274 e. The Kier molecular flexibility index (Phi) is 4.35. The van der Waals surface area contributed by atoms with E-state index >= 15 is 0 Å². The highest BCUT2D eigenvalue weighted by molar-refractivity contribution is 6.07. The molecule has 0 bridgehead atoms. The van der Waals surface area contributed by atoms with Crippen LogP contribution in [0.3, 0.4) is 0 Å². The number of aryl methyl sites for hydroxylation is 1. The molecule has 1 aliphatic carbocycles. The van der Waals surface area contributed by atoms with E-state index in [0.717, 1.165) is 27.8 Å². The topological polar surface area (TPSA) is 116 Å². The lowest BCUT2D eigenvalue weighted by Crippen LogP contribution is -2.40. The monoisotopic (exact) mass is 415 g/mol. The molecule has 0 aliphatic heterocycles. The summed E-state index contributed by atoms with van der Waals surface area (Å²) in [7, 11) is 0. The molecule has 2 aromatic heterocycles. The van der Waals surface area contributed by atoms with Gasteiger partial charge in [0.25, 0.3) is 5.89 Å². The standard InChI is InChI=1S/C23H21N5O3/c1-14-26-20(31-27-14)19-12-16-4-2-3-5-18(16)28(19)17-8-6-15(7-9-17)13-25-22(30)23(10-11-23)21(24)29/h2-9,12H,10-11,13H2,1H3,(H2,24,29)(H,25,30). The normalized spacial score (nSPS) is 14.5. The fraction of sp³-hybridized carbons (Fsp3) is 0.217. The largest absolute Gasteiger partial charge is 0.369 e. The van der Waals surface area contributed by atoms with E-state index in [1.807, 2.05) is 54.6 Å². The molecule has 0 unspecified atom stereocenters. The maximum absolute atomic E-state index is 12.3.